The molecule has 4 N–H and O–H groups in total. The quantitative estimate of drug-likeness (QED) is 0.718. The number of benzene rings is 2. The van der Waals surface area contributed by atoms with E-state index in [2.05, 4.69) is 10.6 Å². The molecule has 26 heavy (non-hydrogen) atoms. The number of hydrogen-bond acceptors (Lipinski definition) is 4. The van der Waals surface area contributed by atoms with Gasteiger partial charge in [-0.05, 0) is 69.3 Å². The molecule has 0 unspecified atom stereocenters. The van der Waals surface area contributed by atoms with Crippen LogP contribution in [0.25, 0.3) is 0 Å². The molecule has 0 atom stereocenters. The molecule has 2 amide bonds. The highest BCUT2D eigenvalue weighted by Crippen LogP contribution is 2.17. The SMILES string of the molecule is CCOc1ccc(NC(=O)c2ccc(NC(=O)C(C)(C)N)cc2)cc1.Cl. The predicted molar refractivity (Wildman–Crippen MR) is 106 cm³/mol. The van der Waals surface area contributed by atoms with Crippen molar-refractivity contribution in [2.24, 2.45) is 5.73 Å². The highest BCUT2D eigenvalue weighted by Gasteiger charge is 2.21. The Morgan fingerprint density at radius 2 is 1.46 bits per heavy atom. The summed E-state index contributed by atoms with van der Waals surface area (Å²) in [7, 11) is 0. The molecule has 0 bridgehead atoms. The fraction of sp³-hybridized carbons (Fsp3) is 0.263. The average molecular weight is 378 g/mol. The van der Waals surface area contributed by atoms with E-state index in [1.165, 1.54) is 0 Å². The number of carbonyl (C=O) groups is 2. The lowest BCUT2D eigenvalue weighted by Gasteiger charge is -2.17. The first-order valence-electron chi connectivity index (χ1n) is 8.04. The summed E-state index contributed by atoms with van der Waals surface area (Å²) in [5, 5.41) is 5.52. The molecule has 2 aromatic carbocycles. The molecule has 2 rings (SSSR count). The molecule has 0 aliphatic rings. The van der Waals surface area contributed by atoms with Crippen molar-refractivity contribution in [3.05, 3.63) is 54.1 Å². The second-order valence-electron chi connectivity index (χ2n) is 6.16. The number of ether oxygens (including phenoxy) is 1. The van der Waals surface area contributed by atoms with E-state index in [1.807, 2.05) is 6.92 Å². The molecule has 0 aliphatic carbocycles. The van der Waals surface area contributed by atoms with Gasteiger partial charge in [-0.3, -0.25) is 9.59 Å². The van der Waals surface area contributed by atoms with E-state index in [-0.39, 0.29) is 24.2 Å². The first kappa shape index (κ1) is 21.5. The third-order valence-electron chi connectivity index (χ3n) is 3.41. The number of hydrogen-bond donors (Lipinski definition) is 3. The van der Waals surface area contributed by atoms with Gasteiger partial charge in [-0.15, -0.1) is 12.4 Å². The third kappa shape index (κ3) is 6.06. The van der Waals surface area contributed by atoms with Crippen molar-refractivity contribution in [1.29, 1.82) is 0 Å². The Morgan fingerprint density at radius 1 is 0.962 bits per heavy atom. The van der Waals surface area contributed by atoms with Crippen LogP contribution in [0.1, 0.15) is 31.1 Å². The minimum Gasteiger partial charge on any atom is -0.494 e. The van der Waals surface area contributed by atoms with Gasteiger partial charge in [0.05, 0.1) is 12.1 Å². The van der Waals surface area contributed by atoms with Crippen molar-refractivity contribution < 1.29 is 14.3 Å². The van der Waals surface area contributed by atoms with Crippen molar-refractivity contribution in [2.45, 2.75) is 26.3 Å². The van der Waals surface area contributed by atoms with Gasteiger partial charge in [0.1, 0.15) is 5.75 Å². The van der Waals surface area contributed by atoms with Crippen LogP contribution in [-0.4, -0.2) is 24.0 Å². The van der Waals surface area contributed by atoms with Gasteiger partial charge in [0.15, 0.2) is 0 Å². The second kappa shape index (κ2) is 9.22. The maximum absolute atomic E-state index is 12.3. The zero-order valence-electron chi connectivity index (χ0n) is 15.0. The van der Waals surface area contributed by atoms with Crippen molar-refractivity contribution in [3.8, 4) is 5.75 Å². The first-order valence-corrected chi connectivity index (χ1v) is 8.04. The smallest absolute Gasteiger partial charge is 0.255 e. The van der Waals surface area contributed by atoms with E-state index in [0.29, 0.717) is 23.5 Å². The van der Waals surface area contributed by atoms with Gasteiger partial charge >= 0.3 is 0 Å². The highest BCUT2D eigenvalue weighted by atomic mass is 35.5. The van der Waals surface area contributed by atoms with E-state index in [9.17, 15) is 9.59 Å². The molecule has 0 aliphatic heterocycles. The summed E-state index contributed by atoms with van der Waals surface area (Å²) in [6.07, 6.45) is 0. The molecule has 0 heterocycles. The van der Waals surface area contributed by atoms with Gasteiger partial charge in [-0.1, -0.05) is 0 Å². The Balaban J connectivity index is 0.00000338. The minimum atomic E-state index is -0.969. The first-order chi connectivity index (χ1) is 11.8. The van der Waals surface area contributed by atoms with Gasteiger partial charge in [0, 0.05) is 16.9 Å². The number of nitrogens with two attached hydrogens (primary N) is 1. The molecule has 0 saturated heterocycles. The topological polar surface area (TPSA) is 93.5 Å². The van der Waals surface area contributed by atoms with Crippen LogP contribution in [0.15, 0.2) is 48.5 Å². The number of halogens is 1. The largest absolute Gasteiger partial charge is 0.494 e. The lowest BCUT2D eigenvalue weighted by atomic mass is 10.1. The van der Waals surface area contributed by atoms with Crippen LogP contribution in [0.4, 0.5) is 11.4 Å². The van der Waals surface area contributed by atoms with Gasteiger partial charge in [-0.25, -0.2) is 0 Å². The Morgan fingerprint density at radius 3 is 1.96 bits per heavy atom. The zero-order chi connectivity index (χ0) is 18.4. The molecular formula is C19H24ClN3O3. The summed E-state index contributed by atoms with van der Waals surface area (Å²) >= 11 is 0. The number of anilines is 2. The van der Waals surface area contributed by atoms with Crippen LogP contribution in [0.3, 0.4) is 0 Å². The van der Waals surface area contributed by atoms with Gasteiger partial charge in [0.25, 0.3) is 5.91 Å². The molecule has 2 aromatic rings. The maximum atomic E-state index is 12.3. The van der Waals surface area contributed by atoms with Gasteiger partial charge in [-0.2, -0.15) is 0 Å². The van der Waals surface area contributed by atoms with Crippen molar-refractivity contribution in [1.82, 2.24) is 0 Å². The van der Waals surface area contributed by atoms with Crippen LogP contribution in [-0.2, 0) is 4.79 Å². The lowest BCUT2D eigenvalue weighted by molar-refractivity contribution is -0.120. The molecule has 0 saturated carbocycles. The number of nitrogens with one attached hydrogen (secondary N) is 2. The van der Waals surface area contributed by atoms with E-state index in [4.69, 9.17) is 10.5 Å². The molecule has 0 fully saturated rings. The van der Waals surface area contributed by atoms with Gasteiger partial charge < -0.3 is 21.1 Å². The maximum Gasteiger partial charge on any atom is 0.255 e. The standard InChI is InChI=1S/C19H23N3O3.ClH/c1-4-25-16-11-9-14(10-12-16)21-17(23)13-5-7-15(8-6-13)22-18(24)19(2,3)20;/h5-12H,4,20H2,1-3H3,(H,21,23)(H,22,24);1H. The van der Waals surface area contributed by atoms with E-state index in [1.54, 1.807) is 62.4 Å². The molecular weight excluding hydrogens is 354 g/mol. The lowest BCUT2D eigenvalue weighted by Crippen LogP contribution is -2.45. The fourth-order valence-electron chi connectivity index (χ4n) is 2.00. The highest BCUT2D eigenvalue weighted by molar-refractivity contribution is 6.05. The Labute approximate surface area is 159 Å². The van der Waals surface area contributed by atoms with Crippen LogP contribution < -0.4 is 21.1 Å². The van der Waals surface area contributed by atoms with E-state index >= 15 is 0 Å². The van der Waals surface area contributed by atoms with Crippen LogP contribution in [0.5, 0.6) is 5.75 Å². The predicted octanol–water partition coefficient (Wildman–Crippen LogP) is 3.44. The molecule has 140 valence electrons. The molecule has 0 spiro atoms. The van der Waals surface area contributed by atoms with E-state index < -0.39 is 5.54 Å². The van der Waals surface area contributed by atoms with Crippen molar-refractivity contribution in [2.75, 3.05) is 17.2 Å². The Bertz CT molecular complexity index is 738. The number of amides is 2. The number of rotatable bonds is 6. The van der Waals surface area contributed by atoms with Crippen molar-refractivity contribution in [3.63, 3.8) is 0 Å². The monoisotopic (exact) mass is 377 g/mol. The normalized spacial score (nSPS) is 10.5. The minimum absolute atomic E-state index is 0. The Kier molecular flexibility index (Phi) is 7.61. The van der Waals surface area contributed by atoms with Crippen LogP contribution >= 0.6 is 12.4 Å². The van der Waals surface area contributed by atoms with E-state index in [0.717, 1.165) is 5.75 Å². The fourth-order valence-corrected chi connectivity index (χ4v) is 2.00. The molecule has 6 nitrogen and oxygen atoms in total. The summed E-state index contributed by atoms with van der Waals surface area (Å²) in [5.41, 5.74) is 6.51. The number of carbonyl (C=O) groups excluding carboxylic acids is 2. The third-order valence-corrected chi connectivity index (χ3v) is 3.41. The van der Waals surface area contributed by atoms with Crippen molar-refractivity contribution >= 4 is 35.6 Å². The molecule has 0 radical (unpaired) electrons. The molecule has 0 aromatic heterocycles. The summed E-state index contributed by atoms with van der Waals surface area (Å²) in [6, 6.07) is 13.8. The summed E-state index contributed by atoms with van der Waals surface area (Å²) in [5.74, 6) is 0.226. The summed E-state index contributed by atoms with van der Waals surface area (Å²) in [6.45, 7) is 5.76. The zero-order valence-corrected chi connectivity index (χ0v) is 15.9. The molecule has 7 heteroatoms. The summed E-state index contributed by atoms with van der Waals surface area (Å²) < 4.78 is 5.36. The van der Waals surface area contributed by atoms with Crippen LogP contribution in [0.2, 0.25) is 0 Å². The van der Waals surface area contributed by atoms with Gasteiger partial charge in [0.2, 0.25) is 5.91 Å². The Hall–Kier alpha value is -2.57. The second-order valence-corrected chi connectivity index (χ2v) is 6.16. The van der Waals surface area contributed by atoms with Crippen LogP contribution in [0, 0.1) is 0 Å². The average Bonchev–Trinajstić information content (AvgIpc) is 2.56. The summed E-state index contributed by atoms with van der Waals surface area (Å²) in [4.78, 5) is 24.1.